The van der Waals surface area contributed by atoms with Crippen molar-refractivity contribution in [1.82, 2.24) is 0 Å². The molecular weight excluding hydrogens is 284 g/mol. The zero-order valence-corrected chi connectivity index (χ0v) is 15.1. The Bertz CT molecular complexity index is 828. The second-order valence-corrected chi connectivity index (χ2v) is 12.3. The second-order valence-electron chi connectivity index (χ2n) is 7.53. The molecule has 0 atom stereocenters. The van der Waals surface area contributed by atoms with E-state index in [1.807, 2.05) is 0 Å². The van der Waals surface area contributed by atoms with Crippen molar-refractivity contribution < 1.29 is 4.43 Å². The van der Waals surface area contributed by atoms with Gasteiger partial charge in [0.05, 0.1) is 0 Å². The molecule has 0 N–H and O–H groups in total. The van der Waals surface area contributed by atoms with E-state index < -0.39 is 8.32 Å². The summed E-state index contributed by atoms with van der Waals surface area (Å²) < 4.78 is 6.43. The highest BCUT2D eigenvalue weighted by Gasteiger charge is 2.38. The van der Waals surface area contributed by atoms with Gasteiger partial charge in [-0.25, -0.2) is 0 Å². The largest absolute Gasteiger partial charge is 0.543 e. The van der Waals surface area contributed by atoms with Crippen molar-refractivity contribution in [2.24, 2.45) is 0 Å². The molecule has 3 aromatic carbocycles. The molecule has 0 aliphatic carbocycles. The molecule has 3 aromatic rings. The van der Waals surface area contributed by atoms with Gasteiger partial charge in [0.1, 0.15) is 5.75 Å². The topological polar surface area (TPSA) is 9.23 Å². The van der Waals surface area contributed by atoms with E-state index in [2.05, 4.69) is 88.5 Å². The Morgan fingerprint density at radius 3 is 2.14 bits per heavy atom. The first-order chi connectivity index (χ1) is 10.3. The van der Waals surface area contributed by atoms with Gasteiger partial charge >= 0.3 is 0 Å². The van der Waals surface area contributed by atoms with Crippen LogP contribution in [0.1, 0.15) is 20.8 Å². The van der Waals surface area contributed by atoms with Crippen molar-refractivity contribution in [2.45, 2.75) is 38.9 Å². The molecule has 0 saturated heterocycles. The second kappa shape index (κ2) is 5.13. The minimum atomic E-state index is -1.79. The maximum Gasteiger partial charge on any atom is 0.250 e. The van der Waals surface area contributed by atoms with Crippen LogP contribution in [0.15, 0.2) is 54.6 Å². The predicted octanol–water partition coefficient (Wildman–Crippen LogP) is 6.38. The van der Waals surface area contributed by atoms with E-state index >= 15 is 0 Å². The van der Waals surface area contributed by atoms with Crippen molar-refractivity contribution in [3.63, 3.8) is 0 Å². The van der Waals surface area contributed by atoms with Crippen molar-refractivity contribution in [2.75, 3.05) is 0 Å². The fourth-order valence-corrected chi connectivity index (χ4v) is 3.52. The Morgan fingerprint density at radius 2 is 1.41 bits per heavy atom. The van der Waals surface area contributed by atoms with E-state index in [1.165, 1.54) is 21.5 Å². The van der Waals surface area contributed by atoms with Crippen molar-refractivity contribution in [3.05, 3.63) is 54.6 Å². The van der Waals surface area contributed by atoms with E-state index in [4.69, 9.17) is 4.43 Å². The minimum absolute atomic E-state index is 0.214. The van der Waals surface area contributed by atoms with E-state index in [1.54, 1.807) is 0 Å². The lowest BCUT2D eigenvalue weighted by Gasteiger charge is -2.36. The molecule has 114 valence electrons. The molecule has 0 unspecified atom stereocenters. The summed E-state index contributed by atoms with van der Waals surface area (Å²) in [6, 6.07) is 19.4. The third kappa shape index (κ3) is 2.63. The Morgan fingerprint density at radius 1 is 0.773 bits per heavy atom. The summed E-state index contributed by atoms with van der Waals surface area (Å²) in [6.45, 7) is 11.4. The predicted molar refractivity (Wildman–Crippen MR) is 99.3 cm³/mol. The average molecular weight is 308 g/mol. The summed E-state index contributed by atoms with van der Waals surface area (Å²) in [5.74, 6) is 0.995. The van der Waals surface area contributed by atoms with Gasteiger partial charge in [-0.05, 0) is 51.8 Å². The van der Waals surface area contributed by atoms with Crippen LogP contribution in [0.5, 0.6) is 5.75 Å². The van der Waals surface area contributed by atoms with Crippen LogP contribution in [0.25, 0.3) is 21.5 Å². The van der Waals surface area contributed by atoms with Crippen LogP contribution in [0, 0.1) is 0 Å². The molecular formula is C20H24OSi. The molecule has 0 spiro atoms. The van der Waals surface area contributed by atoms with Crippen molar-refractivity contribution in [1.29, 1.82) is 0 Å². The van der Waals surface area contributed by atoms with E-state index in [0.29, 0.717) is 0 Å². The fourth-order valence-electron chi connectivity index (χ4n) is 2.50. The third-order valence-electron chi connectivity index (χ3n) is 4.90. The van der Waals surface area contributed by atoms with Gasteiger partial charge in [0.15, 0.2) is 0 Å². The van der Waals surface area contributed by atoms with Gasteiger partial charge in [0, 0.05) is 0 Å². The molecule has 0 saturated carbocycles. The summed E-state index contributed by atoms with van der Waals surface area (Å²) >= 11 is 0. The molecule has 0 aliphatic heterocycles. The van der Waals surface area contributed by atoms with Crippen molar-refractivity contribution >= 4 is 29.9 Å². The van der Waals surface area contributed by atoms with Gasteiger partial charge in [-0.3, -0.25) is 0 Å². The zero-order chi connectivity index (χ0) is 16.0. The van der Waals surface area contributed by atoms with Crippen LogP contribution < -0.4 is 4.43 Å². The molecule has 22 heavy (non-hydrogen) atoms. The molecule has 0 bridgehead atoms. The van der Waals surface area contributed by atoms with Crippen LogP contribution in [0.2, 0.25) is 18.1 Å². The molecule has 0 amide bonds. The smallest absolute Gasteiger partial charge is 0.250 e. The first-order valence-electron chi connectivity index (χ1n) is 7.88. The summed E-state index contributed by atoms with van der Waals surface area (Å²) in [6.07, 6.45) is 0. The molecule has 1 nitrogen and oxygen atoms in total. The van der Waals surface area contributed by atoms with Gasteiger partial charge in [0.25, 0.3) is 0 Å². The Balaban J connectivity index is 2.06. The summed E-state index contributed by atoms with van der Waals surface area (Å²) in [5, 5.41) is 5.34. The monoisotopic (exact) mass is 308 g/mol. The molecule has 0 aliphatic rings. The molecule has 0 fully saturated rings. The lowest BCUT2D eigenvalue weighted by Crippen LogP contribution is -2.43. The van der Waals surface area contributed by atoms with Gasteiger partial charge in [-0.1, -0.05) is 63.2 Å². The normalized spacial score (nSPS) is 12.8. The lowest BCUT2D eigenvalue weighted by atomic mass is 10.0. The van der Waals surface area contributed by atoms with Crippen LogP contribution >= 0.6 is 0 Å². The number of hydrogen-bond donors (Lipinski definition) is 0. The van der Waals surface area contributed by atoms with Gasteiger partial charge < -0.3 is 4.43 Å². The summed E-state index contributed by atoms with van der Waals surface area (Å²) in [5.41, 5.74) is 0. The Hall–Kier alpha value is -1.80. The quantitative estimate of drug-likeness (QED) is 0.394. The summed E-state index contributed by atoms with van der Waals surface area (Å²) in [4.78, 5) is 0. The van der Waals surface area contributed by atoms with Crippen molar-refractivity contribution in [3.8, 4) is 5.75 Å². The third-order valence-corrected chi connectivity index (χ3v) is 9.25. The molecule has 2 heteroatoms. The maximum absolute atomic E-state index is 6.43. The summed E-state index contributed by atoms with van der Waals surface area (Å²) in [7, 11) is -1.79. The fraction of sp³-hybridized carbons (Fsp3) is 0.300. The average Bonchev–Trinajstić information content (AvgIpc) is 2.45. The number of fused-ring (bicyclic) bond motifs is 3. The van der Waals surface area contributed by atoms with Gasteiger partial charge in [0.2, 0.25) is 8.32 Å². The number of benzene rings is 3. The SMILES string of the molecule is CC(C)(C)[Si](C)(C)Oc1ccc2c(ccc3ccccc32)c1. The van der Waals surface area contributed by atoms with Crippen LogP contribution in [-0.2, 0) is 0 Å². The van der Waals surface area contributed by atoms with Crippen LogP contribution in [0.3, 0.4) is 0 Å². The van der Waals surface area contributed by atoms with Gasteiger partial charge in [-0.2, -0.15) is 0 Å². The van der Waals surface area contributed by atoms with E-state index in [-0.39, 0.29) is 5.04 Å². The van der Waals surface area contributed by atoms with E-state index in [0.717, 1.165) is 5.75 Å². The van der Waals surface area contributed by atoms with E-state index in [9.17, 15) is 0 Å². The highest BCUT2D eigenvalue weighted by atomic mass is 28.4. The molecule has 3 rings (SSSR count). The lowest BCUT2D eigenvalue weighted by molar-refractivity contribution is 0.493. The molecule has 0 radical (unpaired) electrons. The highest BCUT2D eigenvalue weighted by Crippen LogP contribution is 2.38. The molecule has 0 heterocycles. The first kappa shape index (κ1) is 15.1. The molecule has 0 aromatic heterocycles. The van der Waals surface area contributed by atoms with Gasteiger partial charge in [-0.15, -0.1) is 0 Å². The maximum atomic E-state index is 6.43. The standard InChI is InChI=1S/C20H24OSi/c1-20(2,3)22(4,5)21-17-12-13-19-16(14-17)11-10-15-8-6-7-9-18(15)19/h6-14H,1-5H3. The minimum Gasteiger partial charge on any atom is -0.543 e. The first-order valence-corrected chi connectivity index (χ1v) is 10.8. The Labute approximate surface area is 134 Å². The van der Waals surface area contributed by atoms with Crippen LogP contribution in [0.4, 0.5) is 0 Å². The number of hydrogen-bond acceptors (Lipinski definition) is 1. The zero-order valence-electron chi connectivity index (χ0n) is 14.1. The highest BCUT2D eigenvalue weighted by molar-refractivity contribution is 6.74. The van der Waals surface area contributed by atoms with Crippen LogP contribution in [-0.4, -0.2) is 8.32 Å². The Kier molecular flexibility index (Phi) is 3.52. The number of rotatable bonds is 2.